The maximum Gasteiger partial charge on any atom is 0.407 e. The van der Waals surface area contributed by atoms with Crippen LogP contribution in [-0.2, 0) is 20.7 Å². The van der Waals surface area contributed by atoms with E-state index < -0.39 is 17.7 Å². The fourth-order valence-corrected chi connectivity index (χ4v) is 7.09. The number of carbonyl (C=O) groups excluding carboxylic acids is 4. The number of tetrazole rings is 1. The summed E-state index contributed by atoms with van der Waals surface area (Å²) in [7, 11) is 2.05. The van der Waals surface area contributed by atoms with Gasteiger partial charge in [0.05, 0.1) is 0 Å². The lowest BCUT2D eigenvalue weighted by Gasteiger charge is -2.32. The van der Waals surface area contributed by atoms with E-state index in [1.165, 1.54) is 0 Å². The Bertz CT molecular complexity index is 1960. The maximum atomic E-state index is 13.8. The predicted molar refractivity (Wildman–Crippen MR) is 211 cm³/mol. The number of carbonyl (C=O) groups is 4. The highest BCUT2D eigenvalue weighted by molar-refractivity contribution is 5.98. The van der Waals surface area contributed by atoms with Gasteiger partial charge in [0.2, 0.25) is 11.8 Å². The SMILES string of the molecule is Cc1cc(C(=O)N2CCN(C)CC2)ncc1-c1ccc(C[C@H](NC(=O)[C@H]2CC[C@H](CNC(=O)OC(C)(C)C)CC2)C(=O)Nc2ccc(-c3nnn[nH]3)cc2)cc1. The number of H-pyrrole nitrogens is 1. The standard InChI is InChI=1S/C41H52N10O5/c1-26-22-35(39(54)51-20-18-50(5)19-21-51)42-25-33(26)29-10-6-27(7-11-29)23-34(38(53)44-32-16-14-30(15-17-32)36-46-48-49-47-36)45-37(52)31-12-8-28(9-13-31)24-43-40(55)56-41(2,3)4/h6-7,10-11,14-17,22,25,28,31,34H,8-9,12-13,18-21,23-24H2,1-5H3,(H,43,55)(H,44,53)(H,45,52)(H,46,47,48,49)/t28-,31-,34-/m0/s1. The normalized spacial score (nSPS) is 18.1. The van der Waals surface area contributed by atoms with Crippen LogP contribution in [-0.4, -0.2) is 111 Å². The van der Waals surface area contributed by atoms with Crippen LogP contribution in [0, 0.1) is 18.8 Å². The summed E-state index contributed by atoms with van der Waals surface area (Å²) in [6.45, 7) is 11.0. The molecule has 0 bridgehead atoms. The zero-order chi connectivity index (χ0) is 39.8. The number of hydrogen-bond acceptors (Lipinski definition) is 10. The number of amides is 4. The Morgan fingerprint density at radius 2 is 1.61 bits per heavy atom. The van der Waals surface area contributed by atoms with Crippen molar-refractivity contribution in [2.24, 2.45) is 11.8 Å². The smallest absolute Gasteiger partial charge is 0.407 e. The first-order chi connectivity index (χ1) is 26.8. The molecule has 296 valence electrons. The quantitative estimate of drug-likeness (QED) is 0.168. The molecule has 2 aromatic heterocycles. The molecule has 6 rings (SSSR count). The second kappa shape index (κ2) is 17.8. The minimum atomic E-state index is -0.846. The molecule has 56 heavy (non-hydrogen) atoms. The Labute approximate surface area is 327 Å². The second-order valence-electron chi connectivity index (χ2n) is 15.9. The number of piperazine rings is 1. The summed E-state index contributed by atoms with van der Waals surface area (Å²) < 4.78 is 5.36. The lowest BCUT2D eigenvalue weighted by molar-refractivity contribution is -0.130. The van der Waals surface area contributed by atoms with Gasteiger partial charge in [-0.05, 0) is 124 Å². The Balaban J connectivity index is 1.11. The summed E-state index contributed by atoms with van der Waals surface area (Å²) in [6.07, 6.45) is 4.43. The van der Waals surface area contributed by atoms with Gasteiger partial charge in [-0.2, -0.15) is 0 Å². The summed E-state index contributed by atoms with van der Waals surface area (Å²) in [4.78, 5) is 61.4. The number of hydrogen-bond donors (Lipinski definition) is 4. The van der Waals surface area contributed by atoms with Crippen LogP contribution < -0.4 is 16.0 Å². The predicted octanol–water partition coefficient (Wildman–Crippen LogP) is 4.62. The molecule has 1 atom stereocenters. The summed E-state index contributed by atoms with van der Waals surface area (Å²) in [5.74, 6) is -0.0587. The zero-order valence-electron chi connectivity index (χ0n) is 32.8. The third-order valence-electron chi connectivity index (χ3n) is 10.4. The molecule has 3 heterocycles. The van der Waals surface area contributed by atoms with Crippen LogP contribution in [0.15, 0.2) is 60.8 Å². The van der Waals surface area contributed by atoms with Gasteiger partial charge < -0.3 is 30.5 Å². The molecular weight excluding hydrogens is 713 g/mol. The fraction of sp³-hybridized carbons (Fsp3) is 0.463. The average molecular weight is 765 g/mol. The summed E-state index contributed by atoms with van der Waals surface area (Å²) >= 11 is 0. The van der Waals surface area contributed by atoms with Gasteiger partial charge in [0, 0.05) is 68.1 Å². The van der Waals surface area contributed by atoms with Crippen LogP contribution in [0.4, 0.5) is 10.5 Å². The summed E-state index contributed by atoms with van der Waals surface area (Å²) in [5.41, 5.74) is 4.85. The molecule has 2 aromatic carbocycles. The van der Waals surface area contributed by atoms with Gasteiger partial charge in [-0.1, -0.05) is 24.3 Å². The van der Waals surface area contributed by atoms with Crippen LogP contribution in [0.5, 0.6) is 0 Å². The Kier molecular flexibility index (Phi) is 12.7. The van der Waals surface area contributed by atoms with E-state index in [4.69, 9.17) is 4.74 Å². The molecule has 0 unspecified atom stereocenters. The number of ether oxygens (including phenoxy) is 1. The van der Waals surface area contributed by atoms with Crippen molar-refractivity contribution in [2.45, 2.75) is 71.4 Å². The molecule has 0 radical (unpaired) electrons. The van der Waals surface area contributed by atoms with Crippen LogP contribution in [0.25, 0.3) is 22.5 Å². The molecule has 15 heteroatoms. The van der Waals surface area contributed by atoms with E-state index in [9.17, 15) is 19.2 Å². The van der Waals surface area contributed by atoms with E-state index in [0.29, 0.717) is 49.7 Å². The van der Waals surface area contributed by atoms with Gasteiger partial charge in [-0.25, -0.2) is 9.89 Å². The number of alkyl carbamates (subject to hydrolysis) is 1. The molecule has 4 aromatic rings. The highest BCUT2D eigenvalue weighted by Crippen LogP contribution is 2.29. The molecule has 2 fully saturated rings. The van der Waals surface area contributed by atoms with Crippen molar-refractivity contribution in [2.75, 3.05) is 45.1 Å². The van der Waals surface area contributed by atoms with Crippen molar-refractivity contribution in [3.05, 3.63) is 77.6 Å². The number of benzene rings is 2. The van der Waals surface area contributed by atoms with Crippen LogP contribution in [0.2, 0.25) is 0 Å². The van der Waals surface area contributed by atoms with E-state index >= 15 is 0 Å². The number of anilines is 1. The molecule has 1 saturated carbocycles. The molecule has 4 amide bonds. The lowest BCUT2D eigenvalue weighted by atomic mass is 9.81. The topological polar surface area (TPSA) is 187 Å². The molecule has 15 nitrogen and oxygen atoms in total. The number of aromatic nitrogens is 5. The Hall–Kier alpha value is -5.70. The molecule has 1 saturated heterocycles. The first-order valence-electron chi connectivity index (χ1n) is 19.3. The van der Waals surface area contributed by atoms with Crippen LogP contribution in [0.1, 0.15) is 68.1 Å². The number of nitrogens with zero attached hydrogens (tertiary/aromatic N) is 6. The van der Waals surface area contributed by atoms with Crippen molar-refractivity contribution in [1.29, 1.82) is 0 Å². The average Bonchev–Trinajstić information content (AvgIpc) is 3.72. The van der Waals surface area contributed by atoms with Gasteiger partial charge in [0.1, 0.15) is 17.3 Å². The minimum Gasteiger partial charge on any atom is -0.444 e. The lowest BCUT2D eigenvalue weighted by Crippen LogP contribution is -2.48. The van der Waals surface area contributed by atoms with Crippen molar-refractivity contribution < 1.29 is 23.9 Å². The molecule has 0 spiro atoms. The number of aromatic amines is 1. The highest BCUT2D eigenvalue weighted by Gasteiger charge is 2.30. The van der Waals surface area contributed by atoms with Gasteiger partial charge in [0.15, 0.2) is 5.82 Å². The fourth-order valence-electron chi connectivity index (χ4n) is 7.09. The molecule has 1 aliphatic heterocycles. The number of likely N-dealkylation sites (N-methyl/N-ethyl adjacent to an activating group) is 1. The van der Waals surface area contributed by atoms with Gasteiger partial charge >= 0.3 is 6.09 Å². The first kappa shape index (κ1) is 40.0. The van der Waals surface area contributed by atoms with E-state index in [-0.39, 0.29) is 36.0 Å². The minimum absolute atomic E-state index is 0.0548. The van der Waals surface area contributed by atoms with Gasteiger partial charge in [-0.3, -0.25) is 19.4 Å². The third-order valence-corrected chi connectivity index (χ3v) is 10.4. The van der Waals surface area contributed by atoms with Gasteiger partial charge in [-0.15, -0.1) is 5.10 Å². The van der Waals surface area contributed by atoms with Crippen molar-refractivity contribution >= 4 is 29.5 Å². The first-order valence-corrected chi connectivity index (χ1v) is 19.3. The molecular formula is C41H52N10O5. The Morgan fingerprint density at radius 3 is 2.23 bits per heavy atom. The highest BCUT2D eigenvalue weighted by atomic mass is 16.6. The van der Waals surface area contributed by atoms with E-state index in [0.717, 1.165) is 53.7 Å². The largest absolute Gasteiger partial charge is 0.444 e. The Morgan fingerprint density at radius 1 is 0.929 bits per heavy atom. The number of nitrogens with one attached hydrogen (secondary N) is 4. The van der Waals surface area contributed by atoms with Crippen molar-refractivity contribution in [3.8, 4) is 22.5 Å². The van der Waals surface area contributed by atoms with Crippen LogP contribution in [0.3, 0.4) is 0 Å². The summed E-state index contributed by atoms with van der Waals surface area (Å²) in [5, 5.41) is 22.8. The maximum absolute atomic E-state index is 13.8. The van der Waals surface area contributed by atoms with Crippen LogP contribution >= 0.6 is 0 Å². The summed E-state index contributed by atoms with van der Waals surface area (Å²) in [6, 6.07) is 16.0. The molecule has 4 N–H and O–H groups in total. The number of pyridine rings is 1. The third kappa shape index (κ3) is 10.7. The van der Waals surface area contributed by atoms with Crippen molar-refractivity contribution in [1.82, 2.24) is 46.0 Å². The monoisotopic (exact) mass is 764 g/mol. The van der Waals surface area contributed by atoms with E-state index in [2.05, 4.69) is 53.5 Å². The molecule has 2 aliphatic rings. The number of aryl methyl sites for hydroxylation is 1. The second-order valence-corrected chi connectivity index (χ2v) is 15.9. The van der Waals surface area contributed by atoms with Crippen molar-refractivity contribution in [3.63, 3.8) is 0 Å². The zero-order valence-corrected chi connectivity index (χ0v) is 32.8. The van der Waals surface area contributed by atoms with Gasteiger partial charge in [0.25, 0.3) is 5.91 Å². The van der Waals surface area contributed by atoms with E-state index in [1.54, 1.807) is 30.5 Å². The molecule has 1 aliphatic carbocycles. The number of rotatable bonds is 11. The van der Waals surface area contributed by atoms with E-state index in [1.807, 2.05) is 62.9 Å².